The van der Waals surface area contributed by atoms with Gasteiger partial charge in [-0.25, -0.2) is 0 Å². The van der Waals surface area contributed by atoms with Gasteiger partial charge in [0.25, 0.3) is 0 Å². The fourth-order valence-electron chi connectivity index (χ4n) is 2.31. The van der Waals surface area contributed by atoms with Crippen molar-refractivity contribution in [2.24, 2.45) is 5.16 Å². The van der Waals surface area contributed by atoms with Crippen LogP contribution in [0.25, 0.3) is 0 Å². The Bertz CT molecular complexity index is 534. The van der Waals surface area contributed by atoms with E-state index in [0.29, 0.717) is 13.2 Å². The number of hydrogen-bond donors (Lipinski definition) is 0. The van der Waals surface area contributed by atoms with Gasteiger partial charge in [0.15, 0.2) is 0 Å². The van der Waals surface area contributed by atoms with Crippen LogP contribution >= 0.6 is 0 Å². The number of ether oxygens (including phenoxy) is 2. The summed E-state index contributed by atoms with van der Waals surface area (Å²) < 4.78 is 11.7. The molecule has 134 valence electrons. The molecule has 0 unspecified atom stereocenters. The highest BCUT2D eigenvalue weighted by molar-refractivity contribution is 5.78. The average molecular weight is 333 g/mol. The van der Waals surface area contributed by atoms with E-state index >= 15 is 0 Å². The van der Waals surface area contributed by atoms with Gasteiger partial charge in [-0.2, -0.15) is 0 Å². The zero-order chi connectivity index (χ0) is 17.8. The first-order chi connectivity index (χ1) is 11.6. The molecule has 0 atom stereocenters. The Morgan fingerprint density at radius 2 is 1.88 bits per heavy atom. The first-order valence-electron chi connectivity index (χ1n) is 8.71. The Hall–Kier alpha value is -1.97. The van der Waals surface area contributed by atoms with Crippen LogP contribution in [0.15, 0.2) is 29.9 Å². The van der Waals surface area contributed by atoms with Crippen LogP contribution in [0.3, 0.4) is 0 Å². The molecule has 1 aromatic carbocycles. The van der Waals surface area contributed by atoms with Gasteiger partial charge in [-0.3, -0.25) is 0 Å². The maximum Gasteiger partial charge on any atom is 0.125 e. The Balaban J connectivity index is 2.41. The minimum absolute atomic E-state index is 0.520. The normalized spacial score (nSPS) is 10.2. The van der Waals surface area contributed by atoms with E-state index in [9.17, 15) is 0 Å². The number of aryl methyl sites for hydroxylation is 2. The smallest absolute Gasteiger partial charge is 0.125 e. The van der Waals surface area contributed by atoms with E-state index in [4.69, 9.17) is 14.3 Å². The molecule has 1 aromatic rings. The van der Waals surface area contributed by atoms with Crippen molar-refractivity contribution in [2.45, 2.75) is 53.4 Å². The highest BCUT2D eigenvalue weighted by atomic mass is 16.6. The topological polar surface area (TPSA) is 40.0 Å². The third-order valence-corrected chi connectivity index (χ3v) is 3.45. The van der Waals surface area contributed by atoms with Crippen LogP contribution in [0.4, 0.5) is 0 Å². The van der Waals surface area contributed by atoms with Crippen LogP contribution in [0.2, 0.25) is 0 Å². The van der Waals surface area contributed by atoms with Gasteiger partial charge in [0.05, 0.1) is 12.3 Å². The summed E-state index contributed by atoms with van der Waals surface area (Å²) in [5.74, 6) is 1.87. The van der Waals surface area contributed by atoms with E-state index in [-0.39, 0.29) is 0 Å². The molecule has 0 heterocycles. The molecule has 0 saturated carbocycles. The van der Waals surface area contributed by atoms with E-state index in [1.54, 1.807) is 6.08 Å². The Labute approximate surface area is 146 Å². The second-order valence-corrected chi connectivity index (χ2v) is 5.96. The lowest BCUT2D eigenvalue weighted by molar-refractivity contribution is 0.138. The van der Waals surface area contributed by atoms with Gasteiger partial charge in [-0.1, -0.05) is 24.7 Å². The van der Waals surface area contributed by atoms with Gasteiger partial charge in [0, 0.05) is 0 Å². The maximum absolute atomic E-state index is 6.02. The van der Waals surface area contributed by atoms with Crippen LogP contribution in [0, 0.1) is 6.92 Å². The lowest BCUT2D eigenvalue weighted by atomic mass is 10.1. The van der Waals surface area contributed by atoms with Gasteiger partial charge in [-0.05, 0) is 69.7 Å². The van der Waals surface area contributed by atoms with Gasteiger partial charge >= 0.3 is 0 Å². The monoisotopic (exact) mass is 333 g/mol. The molecule has 4 nitrogen and oxygen atoms in total. The fourth-order valence-corrected chi connectivity index (χ4v) is 2.31. The molecule has 0 amide bonds. The van der Waals surface area contributed by atoms with Crippen molar-refractivity contribution in [1.29, 1.82) is 0 Å². The third kappa shape index (κ3) is 7.53. The molecule has 4 heteroatoms. The number of nitrogens with zero attached hydrogens (tertiary/aromatic N) is 1. The van der Waals surface area contributed by atoms with Crippen molar-refractivity contribution in [3.63, 3.8) is 0 Å². The molecule has 0 aromatic heterocycles. The molecule has 24 heavy (non-hydrogen) atoms. The van der Waals surface area contributed by atoms with Crippen LogP contribution in [0.5, 0.6) is 11.5 Å². The van der Waals surface area contributed by atoms with Crippen molar-refractivity contribution in [3.8, 4) is 11.5 Å². The summed E-state index contributed by atoms with van der Waals surface area (Å²) in [4.78, 5) is 5.19. The van der Waals surface area contributed by atoms with Gasteiger partial charge in [-0.15, -0.1) is 0 Å². The van der Waals surface area contributed by atoms with E-state index in [1.165, 1.54) is 5.56 Å². The van der Waals surface area contributed by atoms with Crippen LogP contribution < -0.4 is 9.47 Å². The predicted molar refractivity (Wildman–Crippen MR) is 100 cm³/mol. The second kappa shape index (κ2) is 11.5. The van der Waals surface area contributed by atoms with Gasteiger partial charge < -0.3 is 14.3 Å². The fraction of sp³-hybridized carbons (Fsp3) is 0.550. The van der Waals surface area contributed by atoms with E-state index in [2.05, 4.69) is 31.6 Å². The molecule has 0 aliphatic rings. The minimum atomic E-state index is 0.520. The van der Waals surface area contributed by atoms with Crippen LogP contribution in [0.1, 0.15) is 51.2 Å². The van der Waals surface area contributed by atoms with Crippen molar-refractivity contribution < 1.29 is 14.3 Å². The largest absolute Gasteiger partial charge is 0.493 e. The number of oxime groups is 1. The third-order valence-electron chi connectivity index (χ3n) is 3.45. The standard InChI is InChI=1S/C20H31NO3/c1-6-11-22-19-14-17(5)20(18(7-2)15-19)23-12-9-8-10-13-24-21-16(3)4/h6,14-15H,1,7-13H2,2-5H3. The summed E-state index contributed by atoms with van der Waals surface area (Å²) in [6, 6.07) is 4.08. The molecule has 0 N–H and O–H groups in total. The second-order valence-electron chi connectivity index (χ2n) is 5.96. The summed E-state index contributed by atoms with van der Waals surface area (Å²) in [7, 11) is 0. The van der Waals surface area contributed by atoms with E-state index in [1.807, 2.05) is 19.9 Å². The molecular formula is C20H31NO3. The van der Waals surface area contributed by atoms with Crippen molar-refractivity contribution in [1.82, 2.24) is 0 Å². The first-order valence-corrected chi connectivity index (χ1v) is 8.71. The Morgan fingerprint density at radius 1 is 1.12 bits per heavy atom. The highest BCUT2D eigenvalue weighted by Crippen LogP contribution is 2.29. The molecule has 0 radical (unpaired) electrons. The Kier molecular flexibility index (Phi) is 9.66. The number of hydrogen-bond acceptors (Lipinski definition) is 4. The lowest BCUT2D eigenvalue weighted by Crippen LogP contribution is -2.04. The summed E-state index contributed by atoms with van der Waals surface area (Å²) >= 11 is 0. The average Bonchev–Trinajstić information content (AvgIpc) is 2.56. The molecule has 0 aliphatic heterocycles. The molecule has 0 saturated heterocycles. The predicted octanol–water partition coefficient (Wildman–Crippen LogP) is 5.08. The molecule has 1 rings (SSSR count). The van der Waals surface area contributed by atoms with Gasteiger partial charge in [0.2, 0.25) is 0 Å². The van der Waals surface area contributed by atoms with E-state index in [0.717, 1.165) is 55.1 Å². The number of benzene rings is 1. The van der Waals surface area contributed by atoms with Gasteiger partial charge in [0.1, 0.15) is 24.7 Å². The van der Waals surface area contributed by atoms with Crippen molar-refractivity contribution in [3.05, 3.63) is 35.9 Å². The zero-order valence-electron chi connectivity index (χ0n) is 15.6. The molecule has 0 fully saturated rings. The molecular weight excluding hydrogens is 302 g/mol. The maximum atomic E-state index is 6.02. The minimum Gasteiger partial charge on any atom is -0.493 e. The summed E-state index contributed by atoms with van der Waals surface area (Å²) in [6.07, 6.45) is 5.74. The molecule has 0 bridgehead atoms. The zero-order valence-corrected chi connectivity index (χ0v) is 15.6. The Morgan fingerprint density at radius 3 is 2.54 bits per heavy atom. The SMILES string of the molecule is C=CCOc1cc(C)c(OCCCCCON=C(C)C)c(CC)c1. The quantitative estimate of drug-likeness (QED) is 0.232. The van der Waals surface area contributed by atoms with E-state index < -0.39 is 0 Å². The van der Waals surface area contributed by atoms with Crippen LogP contribution in [-0.2, 0) is 11.3 Å². The summed E-state index contributed by atoms with van der Waals surface area (Å²) in [5, 5.41) is 3.92. The van der Waals surface area contributed by atoms with Crippen molar-refractivity contribution in [2.75, 3.05) is 19.8 Å². The summed E-state index contributed by atoms with van der Waals surface area (Å²) in [5.41, 5.74) is 3.25. The summed E-state index contributed by atoms with van der Waals surface area (Å²) in [6.45, 7) is 13.6. The molecule has 0 spiro atoms. The lowest BCUT2D eigenvalue weighted by Gasteiger charge is -2.15. The first kappa shape index (κ1) is 20.1. The highest BCUT2D eigenvalue weighted by Gasteiger charge is 2.09. The van der Waals surface area contributed by atoms with Crippen LogP contribution in [-0.4, -0.2) is 25.5 Å². The molecule has 0 aliphatic carbocycles. The van der Waals surface area contributed by atoms with Crippen molar-refractivity contribution >= 4 is 5.71 Å². The number of unbranched alkanes of at least 4 members (excludes halogenated alkanes) is 2. The number of rotatable bonds is 12.